The van der Waals surface area contributed by atoms with Gasteiger partial charge in [-0.05, 0) is 54.1 Å². The van der Waals surface area contributed by atoms with Crippen LogP contribution in [0.3, 0.4) is 0 Å². The van der Waals surface area contributed by atoms with Crippen molar-refractivity contribution < 1.29 is 23.1 Å². The summed E-state index contributed by atoms with van der Waals surface area (Å²) in [5.41, 5.74) is 1.40. The SMILES string of the molecule is O=C(Nc1ccc(C(=O)Nc2cccc(OCc3ccc(F)cc3)c2)s1)c1ccco1. The molecule has 2 heterocycles. The molecule has 0 spiro atoms. The summed E-state index contributed by atoms with van der Waals surface area (Å²) in [7, 11) is 0. The van der Waals surface area contributed by atoms with Gasteiger partial charge in [0.2, 0.25) is 0 Å². The maximum Gasteiger partial charge on any atom is 0.291 e. The van der Waals surface area contributed by atoms with Crippen molar-refractivity contribution in [1.29, 1.82) is 0 Å². The predicted octanol–water partition coefficient (Wildman–Crippen LogP) is 5.56. The molecule has 0 aliphatic carbocycles. The summed E-state index contributed by atoms with van der Waals surface area (Å²) < 4.78 is 23.8. The zero-order valence-corrected chi connectivity index (χ0v) is 16.9. The highest BCUT2D eigenvalue weighted by Gasteiger charge is 2.14. The average molecular weight is 436 g/mol. The number of rotatable bonds is 7. The zero-order valence-electron chi connectivity index (χ0n) is 16.1. The molecule has 4 aromatic rings. The Morgan fingerprint density at radius 1 is 0.935 bits per heavy atom. The molecule has 0 aliphatic heterocycles. The Bertz CT molecular complexity index is 1190. The van der Waals surface area contributed by atoms with E-state index in [0.717, 1.165) is 16.9 Å². The minimum Gasteiger partial charge on any atom is -0.489 e. The number of hydrogen-bond donors (Lipinski definition) is 2. The quantitative estimate of drug-likeness (QED) is 0.397. The molecule has 2 aromatic heterocycles. The van der Waals surface area contributed by atoms with Crippen molar-refractivity contribution >= 4 is 33.8 Å². The second-order valence-corrected chi connectivity index (χ2v) is 7.58. The van der Waals surface area contributed by atoms with Gasteiger partial charge in [0.1, 0.15) is 18.2 Å². The number of ether oxygens (including phenoxy) is 1. The first-order valence-electron chi connectivity index (χ1n) is 9.30. The van der Waals surface area contributed by atoms with Gasteiger partial charge in [-0.1, -0.05) is 18.2 Å². The number of anilines is 2. The van der Waals surface area contributed by atoms with Gasteiger partial charge in [-0.2, -0.15) is 0 Å². The number of carbonyl (C=O) groups excluding carboxylic acids is 2. The lowest BCUT2D eigenvalue weighted by Crippen LogP contribution is -2.10. The lowest BCUT2D eigenvalue weighted by atomic mass is 10.2. The molecule has 0 atom stereocenters. The van der Waals surface area contributed by atoms with E-state index >= 15 is 0 Å². The number of halogens is 1. The predicted molar refractivity (Wildman–Crippen MR) is 116 cm³/mol. The van der Waals surface area contributed by atoms with Gasteiger partial charge in [0.15, 0.2) is 5.76 Å². The third-order valence-corrected chi connectivity index (χ3v) is 5.22. The smallest absolute Gasteiger partial charge is 0.291 e. The third-order valence-electron chi connectivity index (χ3n) is 4.22. The van der Waals surface area contributed by atoms with Gasteiger partial charge in [-0.3, -0.25) is 9.59 Å². The highest BCUT2D eigenvalue weighted by atomic mass is 32.1. The van der Waals surface area contributed by atoms with Crippen molar-refractivity contribution in [3.8, 4) is 5.75 Å². The molecule has 8 heteroatoms. The molecule has 4 rings (SSSR count). The van der Waals surface area contributed by atoms with E-state index in [9.17, 15) is 14.0 Å². The highest BCUT2D eigenvalue weighted by Crippen LogP contribution is 2.25. The minimum absolute atomic E-state index is 0.192. The first-order valence-corrected chi connectivity index (χ1v) is 10.1. The third kappa shape index (κ3) is 5.37. The molecule has 156 valence electrons. The number of benzene rings is 2. The van der Waals surface area contributed by atoms with Crippen LogP contribution < -0.4 is 15.4 Å². The molecular weight excluding hydrogens is 419 g/mol. The van der Waals surface area contributed by atoms with Crippen LogP contribution in [-0.2, 0) is 6.61 Å². The molecule has 6 nitrogen and oxygen atoms in total. The molecule has 0 radical (unpaired) electrons. The summed E-state index contributed by atoms with van der Waals surface area (Å²) in [6, 6.07) is 19.5. The van der Waals surface area contributed by atoms with Crippen LogP contribution in [0.2, 0.25) is 0 Å². The van der Waals surface area contributed by atoms with Crippen LogP contribution in [0.25, 0.3) is 0 Å². The van der Waals surface area contributed by atoms with E-state index in [-0.39, 0.29) is 30.0 Å². The molecule has 31 heavy (non-hydrogen) atoms. The number of nitrogens with one attached hydrogen (secondary N) is 2. The number of hydrogen-bond acceptors (Lipinski definition) is 5. The largest absolute Gasteiger partial charge is 0.489 e. The maximum absolute atomic E-state index is 13.0. The zero-order chi connectivity index (χ0) is 21.6. The van der Waals surface area contributed by atoms with Crippen LogP contribution in [0, 0.1) is 5.82 Å². The lowest BCUT2D eigenvalue weighted by molar-refractivity contribution is 0.0995. The molecule has 0 fully saturated rings. The maximum atomic E-state index is 13.0. The van der Waals surface area contributed by atoms with E-state index in [1.807, 2.05) is 0 Å². The van der Waals surface area contributed by atoms with E-state index in [2.05, 4.69) is 10.6 Å². The molecule has 0 saturated carbocycles. The number of carbonyl (C=O) groups is 2. The highest BCUT2D eigenvalue weighted by molar-refractivity contribution is 7.18. The van der Waals surface area contributed by atoms with E-state index in [4.69, 9.17) is 9.15 Å². The molecule has 2 amide bonds. The summed E-state index contributed by atoms with van der Waals surface area (Å²) in [6.07, 6.45) is 1.42. The summed E-state index contributed by atoms with van der Waals surface area (Å²) >= 11 is 1.15. The minimum atomic E-state index is -0.384. The van der Waals surface area contributed by atoms with E-state index < -0.39 is 0 Å². The van der Waals surface area contributed by atoms with E-state index in [1.54, 1.807) is 60.7 Å². The van der Waals surface area contributed by atoms with Crippen molar-refractivity contribution in [3.05, 3.63) is 101 Å². The molecule has 0 bridgehead atoms. The molecule has 2 aromatic carbocycles. The fourth-order valence-electron chi connectivity index (χ4n) is 2.71. The topological polar surface area (TPSA) is 80.6 Å². The van der Waals surface area contributed by atoms with Crippen molar-refractivity contribution in [2.75, 3.05) is 10.6 Å². The fraction of sp³-hybridized carbons (Fsp3) is 0.0435. The van der Waals surface area contributed by atoms with Crippen LogP contribution in [0.1, 0.15) is 25.8 Å². The second kappa shape index (κ2) is 9.27. The van der Waals surface area contributed by atoms with Gasteiger partial charge in [0, 0.05) is 11.8 Å². The van der Waals surface area contributed by atoms with Crippen LogP contribution in [-0.4, -0.2) is 11.8 Å². The van der Waals surface area contributed by atoms with E-state index in [1.165, 1.54) is 18.4 Å². The normalized spacial score (nSPS) is 10.5. The number of furan rings is 1. The Morgan fingerprint density at radius 2 is 1.77 bits per heavy atom. The van der Waals surface area contributed by atoms with Gasteiger partial charge in [0.25, 0.3) is 11.8 Å². The number of thiophene rings is 1. The van der Waals surface area contributed by atoms with E-state index in [0.29, 0.717) is 21.3 Å². The van der Waals surface area contributed by atoms with Crippen LogP contribution in [0.4, 0.5) is 15.1 Å². The molecule has 0 saturated heterocycles. The Balaban J connectivity index is 1.35. The van der Waals surface area contributed by atoms with Crippen molar-refractivity contribution in [2.45, 2.75) is 6.61 Å². The van der Waals surface area contributed by atoms with Crippen LogP contribution >= 0.6 is 11.3 Å². The second-order valence-electron chi connectivity index (χ2n) is 6.49. The van der Waals surface area contributed by atoms with Gasteiger partial charge >= 0.3 is 0 Å². The van der Waals surface area contributed by atoms with Crippen molar-refractivity contribution in [3.63, 3.8) is 0 Å². The molecular formula is C23H17FN2O4S. The monoisotopic (exact) mass is 436 g/mol. The Morgan fingerprint density at radius 3 is 2.55 bits per heavy atom. The lowest BCUT2D eigenvalue weighted by Gasteiger charge is -2.09. The average Bonchev–Trinajstić information content (AvgIpc) is 3.46. The Kier molecular flexibility index (Phi) is 6.09. The number of amides is 2. The molecule has 0 unspecified atom stereocenters. The summed E-state index contributed by atoms with van der Waals surface area (Å²) in [6.45, 7) is 0.279. The van der Waals surface area contributed by atoms with Crippen LogP contribution in [0.5, 0.6) is 5.75 Å². The summed E-state index contributed by atoms with van der Waals surface area (Å²) in [5, 5.41) is 6.03. The molecule has 0 aliphatic rings. The van der Waals surface area contributed by atoms with Gasteiger partial charge < -0.3 is 19.8 Å². The van der Waals surface area contributed by atoms with Crippen molar-refractivity contribution in [1.82, 2.24) is 0 Å². The van der Waals surface area contributed by atoms with Crippen LogP contribution in [0.15, 0.2) is 83.5 Å². The van der Waals surface area contributed by atoms with Gasteiger partial charge in [-0.25, -0.2) is 4.39 Å². The Hall–Kier alpha value is -3.91. The summed E-state index contributed by atoms with van der Waals surface area (Å²) in [5.74, 6) is -0.230. The first kappa shape index (κ1) is 20.4. The standard InChI is InChI=1S/C23H17FN2O4S/c24-16-8-6-15(7-9-16)14-30-18-4-1-3-17(13-18)25-23(28)20-10-11-21(31-20)26-22(27)19-5-2-12-29-19/h1-13H,14H2,(H,25,28)(H,26,27). The van der Waals surface area contributed by atoms with Gasteiger partial charge in [-0.15, -0.1) is 11.3 Å². The van der Waals surface area contributed by atoms with Gasteiger partial charge in [0.05, 0.1) is 16.1 Å². The Labute approximate surface area is 181 Å². The van der Waals surface area contributed by atoms with Crippen molar-refractivity contribution in [2.24, 2.45) is 0 Å². The first-order chi connectivity index (χ1) is 15.1. The fourth-order valence-corrected chi connectivity index (χ4v) is 3.51. The summed E-state index contributed by atoms with van der Waals surface area (Å²) in [4.78, 5) is 25.0. The molecule has 2 N–H and O–H groups in total.